The van der Waals surface area contributed by atoms with E-state index in [4.69, 9.17) is 0 Å². The molecule has 3 aromatic carbocycles. The Morgan fingerprint density at radius 1 is 0.643 bits per heavy atom. The van der Waals surface area contributed by atoms with Crippen LogP contribution in [0, 0.1) is 0 Å². The van der Waals surface area contributed by atoms with Crippen molar-refractivity contribution < 1.29 is 51.0 Å². The summed E-state index contributed by atoms with van der Waals surface area (Å²) in [5.41, 5.74) is 10.0. The minimum absolute atomic E-state index is 0. The zero-order chi connectivity index (χ0) is 17.0. The van der Waals surface area contributed by atoms with Crippen LogP contribution in [-0.2, 0) is 26.2 Å². The molecule has 0 N–H and O–H groups in total. The maximum absolute atomic E-state index is 2.58. The summed E-state index contributed by atoms with van der Waals surface area (Å²) in [6, 6.07) is 27.0. The smallest absolute Gasteiger partial charge is 1.00 e. The summed E-state index contributed by atoms with van der Waals surface area (Å²) in [4.78, 5) is 0. The van der Waals surface area contributed by atoms with Crippen molar-refractivity contribution in [2.75, 3.05) is 0 Å². The molecule has 1 unspecified atom stereocenters. The number of hydrogen-bond acceptors (Lipinski definition) is 0. The predicted octanol–water partition coefficient (Wildman–Crippen LogP) is 0.402. The standard InChI is InChI=1S/C24H22Si.2ClH.Zr/c1-25(2,23-16-15-17-9-3-4-10-18(17)23)24-21-13-7-5-11-19(21)20-12-6-8-14-22(20)24;;;/h3-16,23-24H,1-2H3;2*1H;/q;;;+2/p-2. The van der Waals surface area contributed by atoms with Gasteiger partial charge >= 0.3 is 26.2 Å². The van der Waals surface area contributed by atoms with Gasteiger partial charge in [-0.2, -0.15) is 0 Å². The van der Waals surface area contributed by atoms with Gasteiger partial charge in [0.25, 0.3) is 0 Å². The molecule has 0 heterocycles. The van der Waals surface area contributed by atoms with E-state index in [-0.39, 0.29) is 51.0 Å². The number of rotatable bonds is 2. The molecule has 0 saturated heterocycles. The average molecular weight is 501 g/mol. The second-order valence-electron chi connectivity index (χ2n) is 7.89. The Labute approximate surface area is 200 Å². The first-order valence-electron chi connectivity index (χ1n) is 9.13. The van der Waals surface area contributed by atoms with Gasteiger partial charge in [-0.05, 0) is 38.9 Å². The summed E-state index contributed by atoms with van der Waals surface area (Å²) in [6.07, 6.45) is 4.81. The molecule has 2 aliphatic rings. The monoisotopic (exact) mass is 498 g/mol. The molecule has 0 saturated carbocycles. The topological polar surface area (TPSA) is 0 Å². The third-order valence-corrected chi connectivity index (χ3v) is 10.4. The van der Waals surface area contributed by atoms with E-state index in [1.807, 2.05) is 0 Å². The first kappa shape index (κ1) is 23.4. The van der Waals surface area contributed by atoms with Crippen LogP contribution in [0.4, 0.5) is 0 Å². The van der Waals surface area contributed by atoms with E-state index in [0.29, 0.717) is 11.1 Å². The molecule has 3 aromatic rings. The van der Waals surface area contributed by atoms with Gasteiger partial charge in [0.1, 0.15) is 0 Å². The first-order valence-corrected chi connectivity index (χ1v) is 12.3. The number of hydrogen-bond donors (Lipinski definition) is 0. The van der Waals surface area contributed by atoms with E-state index in [2.05, 4.69) is 98.0 Å². The molecule has 0 amide bonds. The van der Waals surface area contributed by atoms with Gasteiger partial charge in [0.05, 0.1) is 8.07 Å². The summed E-state index contributed by atoms with van der Waals surface area (Å²) >= 11 is 0. The van der Waals surface area contributed by atoms with Gasteiger partial charge in [0.15, 0.2) is 0 Å². The van der Waals surface area contributed by atoms with Crippen LogP contribution in [0.2, 0.25) is 13.1 Å². The molecule has 5 rings (SSSR count). The number of allylic oxidation sites excluding steroid dienone is 1. The van der Waals surface area contributed by atoms with Gasteiger partial charge < -0.3 is 24.8 Å². The minimum Gasteiger partial charge on any atom is -1.00 e. The Bertz CT molecular complexity index is 967. The SMILES string of the molecule is C[Si](C)(C1C=Cc2ccccc21)C1c2ccccc2-c2ccccc21.[Cl-].[Cl-].[Zr+2]. The molecular weight excluding hydrogens is 478 g/mol. The quantitative estimate of drug-likeness (QED) is 0.447. The molecule has 0 bridgehead atoms. The molecule has 2 aliphatic carbocycles. The van der Waals surface area contributed by atoms with Crippen molar-refractivity contribution in [3.8, 4) is 11.1 Å². The van der Waals surface area contributed by atoms with Crippen molar-refractivity contribution in [2.24, 2.45) is 0 Å². The second kappa shape index (κ2) is 8.84. The van der Waals surface area contributed by atoms with Gasteiger partial charge in [-0.3, -0.25) is 0 Å². The maximum Gasteiger partial charge on any atom is 2.00 e. The number of benzene rings is 3. The van der Waals surface area contributed by atoms with Crippen LogP contribution in [0.5, 0.6) is 0 Å². The number of halogens is 2. The van der Waals surface area contributed by atoms with Crippen LogP contribution in [0.1, 0.15) is 33.3 Å². The molecular formula is C24H22Cl2SiZr. The molecule has 0 aliphatic heterocycles. The van der Waals surface area contributed by atoms with E-state index in [1.165, 1.54) is 33.4 Å². The molecule has 28 heavy (non-hydrogen) atoms. The Balaban J connectivity index is 0.000000934. The van der Waals surface area contributed by atoms with Crippen LogP contribution in [0.25, 0.3) is 17.2 Å². The third kappa shape index (κ3) is 3.43. The first-order chi connectivity index (χ1) is 12.2. The van der Waals surface area contributed by atoms with Gasteiger partial charge in [-0.1, -0.05) is 98.0 Å². The zero-order valence-electron chi connectivity index (χ0n) is 16.0. The third-order valence-electron chi connectivity index (χ3n) is 6.18. The van der Waals surface area contributed by atoms with E-state index < -0.39 is 8.07 Å². The fraction of sp³-hybridized carbons (Fsp3) is 0.167. The number of fused-ring (bicyclic) bond motifs is 4. The second-order valence-corrected chi connectivity index (χ2v) is 12.7. The van der Waals surface area contributed by atoms with Crippen LogP contribution in [0.3, 0.4) is 0 Å². The van der Waals surface area contributed by atoms with Gasteiger partial charge in [-0.15, -0.1) is 0 Å². The van der Waals surface area contributed by atoms with Crippen LogP contribution in [-0.4, -0.2) is 8.07 Å². The summed E-state index contributed by atoms with van der Waals surface area (Å²) < 4.78 is 0. The molecule has 0 spiro atoms. The van der Waals surface area contributed by atoms with Crippen LogP contribution < -0.4 is 24.8 Å². The van der Waals surface area contributed by atoms with Gasteiger partial charge in [0, 0.05) is 5.54 Å². The average Bonchev–Trinajstić information content (AvgIpc) is 3.22. The maximum atomic E-state index is 2.58. The van der Waals surface area contributed by atoms with Crippen molar-refractivity contribution >= 4 is 14.1 Å². The molecule has 0 radical (unpaired) electrons. The summed E-state index contributed by atoms with van der Waals surface area (Å²) in [6.45, 7) is 5.15. The van der Waals surface area contributed by atoms with Crippen molar-refractivity contribution in [1.82, 2.24) is 0 Å². The van der Waals surface area contributed by atoms with Crippen molar-refractivity contribution in [3.05, 3.63) is 101 Å². The van der Waals surface area contributed by atoms with Crippen molar-refractivity contribution in [2.45, 2.75) is 24.2 Å². The molecule has 0 fully saturated rings. The van der Waals surface area contributed by atoms with E-state index in [0.717, 1.165) is 0 Å². The van der Waals surface area contributed by atoms with Crippen molar-refractivity contribution in [3.63, 3.8) is 0 Å². The van der Waals surface area contributed by atoms with E-state index in [1.54, 1.807) is 0 Å². The Morgan fingerprint density at radius 3 is 1.68 bits per heavy atom. The van der Waals surface area contributed by atoms with E-state index >= 15 is 0 Å². The summed E-state index contributed by atoms with van der Waals surface area (Å²) in [7, 11) is -1.68. The molecule has 140 valence electrons. The van der Waals surface area contributed by atoms with Crippen LogP contribution >= 0.6 is 0 Å². The van der Waals surface area contributed by atoms with Gasteiger partial charge in [0.2, 0.25) is 0 Å². The molecule has 4 heteroatoms. The molecule has 0 aromatic heterocycles. The predicted molar refractivity (Wildman–Crippen MR) is 109 cm³/mol. The van der Waals surface area contributed by atoms with Gasteiger partial charge in [-0.25, -0.2) is 0 Å². The Hall–Kier alpha value is -0.920. The summed E-state index contributed by atoms with van der Waals surface area (Å²) in [5, 5.41) is 0. The Kier molecular flexibility index (Phi) is 7.37. The molecule has 1 atom stereocenters. The largest absolute Gasteiger partial charge is 2.00 e. The fourth-order valence-electron chi connectivity index (χ4n) is 5.03. The normalized spacial score (nSPS) is 16.1. The fourth-order valence-corrected chi connectivity index (χ4v) is 9.16. The van der Waals surface area contributed by atoms with E-state index in [9.17, 15) is 0 Å². The summed E-state index contributed by atoms with van der Waals surface area (Å²) in [5.74, 6) is 0. The minimum atomic E-state index is -1.68. The molecule has 0 nitrogen and oxygen atoms in total. The van der Waals surface area contributed by atoms with Crippen molar-refractivity contribution in [1.29, 1.82) is 0 Å². The zero-order valence-corrected chi connectivity index (χ0v) is 21.0. The Morgan fingerprint density at radius 2 is 1.11 bits per heavy atom. The van der Waals surface area contributed by atoms with Crippen LogP contribution in [0.15, 0.2) is 78.9 Å².